The molecule has 4 nitrogen and oxygen atoms in total. The van der Waals surface area contributed by atoms with Crippen LogP contribution in [0.25, 0.3) is 93.4 Å². The van der Waals surface area contributed by atoms with E-state index >= 15 is 0 Å². The van der Waals surface area contributed by atoms with Crippen molar-refractivity contribution >= 4 is 76.2 Å². The van der Waals surface area contributed by atoms with Crippen LogP contribution in [0.3, 0.4) is 0 Å². The van der Waals surface area contributed by atoms with E-state index in [1.807, 2.05) is 12.1 Å². The van der Waals surface area contributed by atoms with E-state index in [2.05, 4.69) is 132 Å². The lowest BCUT2D eigenvalue weighted by Gasteiger charge is -2.13. The fourth-order valence-corrected chi connectivity index (χ4v) is 7.05. The Morgan fingerprint density at radius 1 is 0.500 bits per heavy atom. The highest BCUT2D eigenvalue weighted by Crippen LogP contribution is 2.45. The summed E-state index contributed by atoms with van der Waals surface area (Å²) in [4.78, 5) is 10.6. The first-order chi connectivity index (χ1) is 21.8. The Hall–Kier alpha value is -6.00. The number of para-hydroxylation sites is 3. The van der Waals surface area contributed by atoms with Crippen LogP contribution in [0.2, 0.25) is 0 Å². The Morgan fingerprint density at radius 3 is 2.07 bits per heavy atom. The van der Waals surface area contributed by atoms with Gasteiger partial charge in [-0.2, -0.15) is 0 Å². The predicted molar refractivity (Wildman–Crippen MR) is 182 cm³/mol. The first-order valence-electron chi connectivity index (χ1n) is 14.8. The Kier molecular flexibility index (Phi) is 4.69. The predicted octanol–water partition coefficient (Wildman–Crippen LogP) is 10.6. The fraction of sp³-hybridized carbons (Fsp3) is 0. The van der Waals surface area contributed by atoms with Crippen molar-refractivity contribution in [1.29, 1.82) is 0 Å². The second-order valence-electron chi connectivity index (χ2n) is 11.4. The normalized spacial score (nSPS) is 12.1. The molecule has 0 aliphatic carbocycles. The lowest BCUT2D eigenvalue weighted by molar-refractivity contribution is 0.673. The molecule has 0 spiro atoms. The molecule has 0 atom stereocenters. The van der Waals surface area contributed by atoms with Crippen molar-refractivity contribution in [2.75, 3.05) is 0 Å². The molecule has 10 aromatic rings. The average Bonchev–Trinajstić information content (AvgIpc) is 3.64. The molecule has 0 saturated heterocycles. The standard InChI is InChI=1S/C40H23N3O/c1-2-12-25-23-26(22-21-24(25)11-1)37-29-15-5-8-18-32(29)41-40(42-37)43-33-19-9-6-16-30(33)35-36-31-17-7-10-20-34(31)44-39(36)28-14-4-3-13-27(28)38(35)43/h1-23H. The van der Waals surface area contributed by atoms with Crippen molar-refractivity contribution in [1.82, 2.24) is 14.5 Å². The molecule has 0 fully saturated rings. The van der Waals surface area contributed by atoms with Crippen LogP contribution >= 0.6 is 0 Å². The van der Waals surface area contributed by atoms with Crippen molar-refractivity contribution in [3.63, 3.8) is 0 Å². The molecule has 0 radical (unpaired) electrons. The fourth-order valence-electron chi connectivity index (χ4n) is 7.05. The third kappa shape index (κ3) is 3.17. The molecular formula is C40H23N3O. The molecule has 0 aliphatic rings. The molecule has 44 heavy (non-hydrogen) atoms. The molecule has 204 valence electrons. The lowest BCUT2D eigenvalue weighted by atomic mass is 9.99. The summed E-state index contributed by atoms with van der Waals surface area (Å²) in [6, 6.07) is 48.8. The van der Waals surface area contributed by atoms with Gasteiger partial charge in [-0.3, -0.25) is 4.57 Å². The van der Waals surface area contributed by atoms with E-state index in [9.17, 15) is 0 Å². The zero-order chi connectivity index (χ0) is 28.8. The van der Waals surface area contributed by atoms with E-state index in [1.54, 1.807) is 0 Å². The number of furan rings is 1. The Morgan fingerprint density at radius 2 is 1.18 bits per heavy atom. The first-order valence-corrected chi connectivity index (χ1v) is 14.8. The van der Waals surface area contributed by atoms with Gasteiger partial charge in [0.25, 0.3) is 0 Å². The van der Waals surface area contributed by atoms with E-state index in [0.717, 1.165) is 76.7 Å². The van der Waals surface area contributed by atoms with Crippen molar-refractivity contribution in [3.05, 3.63) is 140 Å². The highest BCUT2D eigenvalue weighted by Gasteiger charge is 2.24. The third-order valence-electron chi connectivity index (χ3n) is 8.96. The maximum absolute atomic E-state index is 6.57. The molecule has 0 saturated carbocycles. The Bertz CT molecular complexity index is 2790. The van der Waals surface area contributed by atoms with Crippen LogP contribution in [0.4, 0.5) is 0 Å². The van der Waals surface area contributed by atoms with Crippen molar-refractivity contribution in [2.45, 2.75) is 0 Å². The smallest absolute Gasteiger partial charge is 0.235 e. The topological polar surface area (TPSA) is 43.9 Å². The summed E-state index contributed by atoms with van der Waals surface area (Å²) < 4.78 is 8.82. The summed E-state index contributed by atoms with van der Waals surface area (Å²) >= 11 is 0. The van der Waals surface area contributed by atoms with Crippen molar-refractivity contribution in [3.8, 4) is 17.2 Å². The van der Waals surface area contributed by atoms with Crippen LogP contribution in [-0.4, -0.2) is 14.5 Å². The van der Waals surface area contributed by atoms with Crippen LogP contribution in [0.1, 0.15) is 0 Å². The summed E-state index contributed by atoms with van der Waals surface area (Å²) in [5.74, 6) is 0.648. The van der Waals surface area contributed by atoms with Gasteiger partial charge in [-0.1, -0.05) is 115 Å². The third-order valence-corrected chi connectivity index (χ3v) is 8.96. The minimum absolute atomic E-state index is 0.648. The molecule has 4 heteroatoms. The number of benzene rings is 7. The molecule has 0 amide bonds. The van der Waals surface area contributed by atoms with Gasteiger partial charge in [0, 0.05) is 43.3 Å². The molecule has 0 N–H and O–H groups in total. The number of aromatic nitrogens is 3. The molecule has 0 aliphatic heterocycles. The van der Waals surface area contributed by atoms with Gasteiger partial charge in [-0.25, -0.2) is 9.97 Å². The largest absolute Gasteiger partial charge is 0.455 e. The van der Waals surface area contributed by atoms with Gasteiger partial charge in [-0.15, -0.1) is 0 Å². The molecule has 10 rings (SSSR count). The summed E-state index contributed by atoms with van der Waals surface area (Å²) in [7, 11) is 0. The second kappa shape index (κ2) is 8.76. The molecule has 3 aromatic heterocycles. The maximum Gasteiger partial charge on any atom is 0.235 e. The lowest BCUT2D eigenvalue weighted by Crippen LogP contribution is -2.03. The minimum atomic E-state index is 0.648. The zero-order valence-electron chi connectivity index (χ0n) is 23.5. The number of rotatable bonds is 2. The van der Waals surface area contributed by atoms with Gasteiger partial charge >= 0.3 is 0 Å². The van der Waals surface area contributed by atoms with Gasteiger partial charge in [0.2, 0.25) is 5.95 Å². The van der Waals surface area contributed by atoms with Crippen molar-refractivity contribution < 1.29 is 4.42 Å². The summed E-state index contributed by atoms with van der Waals surface area (Å²) in [6.07, 6.45) is 0. The summed E-state index contributed by atoms with van der Waals surface area (Å²) in [5, 5.41) is 10.1. The average molecular weight is 562 g/mol. The van der Waals surface area contributed by atoms with Crippen LogP contribution in [0, 0.1) is 0 Å². The summed E-state index contributed by atoms with van der Waals surface area (Å²) in [5.41, 5.74) is 6.83. The molecule has 0 bridgehead atoms. The second-order valence-corrected chi connectivity index (χ2v) is 11.4. The molecular weight excluding hydrogens is 538 g/mol. The Labute approximate surface area is 251 Å². The maximum atomic E-state index is 6.57. The van der Waals surface area contributed by atoms with E-state index in [-0.39, 0.29) is 0 Å². The highest BCUT2D eigenvalue weighted by molar-refractivity contribution is 6.35. The van der Waals surface area contributed by atoms with Gasteiger partial charge in [0.05, 0.1) is 22.2 Å². The zero-order valence-corrected chi connectivity index (χ0v) is 23.5. The molecule has 3 heterocycles. The van der Waals surface area contributed by atoms with E-state index in [0.29, 0.717) is 5.95 Å². The van der Waals surface area contributed by atoms with E-state index < -0.39 is 0 Å². The number of fused-ring (bicyclic) bond motifs is 12. The van der Waals surface area contributed by atoms with Crippen molar-refractivity contribution in [2.24, 2.45) is 0 Å². The van der Waals surface area contributed by atoms with Gasteiger partial charge in [-0.05, 0) is 35.0 Å². The SMILES string of the molecule is c1ccc2cc(-c3nc(-n4c5ccccc5c5c6c7ccccc7oc6c6ccccc6c54)nc4ccccc34)ccc2c1. The summed E-state index contributed by atoms with van der Waals surface area (Å²) in [6.45, 7) is 0. The van der Waals surface area contributed by atoms with Crippen LogP contribution in [-0.2, 0) is 0 Å². The van der Waals surface area contributed by atoms with Gasteiger partial charge < -0.3 is 4.42 Å². The van der Waals surface area contributed by atoms with Crippen LogP contribution in [0.15, 0.2) is 144 Å². The number of hydrogen-bond donors (Lipinski definition) is 0. The highest BCUT2D eigenvalue weighted by atomic mass is 16.3. The number of nitrogens with zero attached hydrogens (tertiary/aromatic N) is 3. The Balaban J connectivity index is 1.40. The van der Waals surface area contributed by atoms with E-state index in [4.69, 9.17) is 14.4 Å². The molecule has 0 unspecified atom stereocenters. The van der Waals surface area contributed by atoms with Crippen LogP contribution < -0.4 is 0 Å². The monoisotopic (exact) mass is 561 g/mol. The van der Waals surface area contributed by atoms with Gasteiger partial charge in [0.15, 0.2) is 0 Å². The minimum Gasteiger partial charge on any atom is -0.455 e. The number of hydrogen-bond acceptors (Lipinski definition) is 3. The van der Waals surface area contributed by atoms with E-state index in [1.165, 1.54) is 10.8 Å². The van der Waals surface area contributed by atoms with Gasteiger partial charge in [0.1, 0.15) is 11.2 Å². The molecule has 7 aromatic carbocycles. The first kappa shape index (κ1) is 23.6. The van der Waals surface area contributed by atoms with Crippen LogP contribution in [0.5, 0.6) is 0 Å². The quantitative estimate of drug-likeness (QED) is 0.211.